The maximum atomic E-state index is 15.3. The number of ether oxygens (including phenoxy) is 1. The molecule has 0 aliphatic rings. The van der Waals surface area contributed by atoms with Gasteiger partial charge in [0, 0.05) is 5.56 Å². The summed E-state index contributed by atoms with van der Waals surface area (Å²) in [5.74, 6) is -1.36. The smallest absolute Gasteiger partial charge is 0.339 e. The van der Waals surface area contributed by atoms with Crippen LogP contribution >= 0.6 is 0 Å². The largest absolute Gasteiger partial charge is 0.494 e. The Balaban J connectivity index is 3.62. The van der Waals surface area contributed by atoms with E-state index in [-0.39, 0.29) is 35.3 Å². The number of aromatic carboxylic acids is 1. The Kier molecular flexibility index (Phi) is 5.71. The number of carboxylic acid groups (broad SMARTS) is 1. The highest BCUT2D eigenvalue weighted by Gasteiger charge is 2.36. The van der Waals surface area contributed by atoms with Crippen LogP contribution in [0.3, 0.4) is 0 Å². The van der Waals surface area contributed by atoms with Crippen molar-refractivity contribution in [2.45, 2.75) is 45.2 Å². The van der Waals surface area contributed by atoms with Gasteiger partial charge in [0.15, 0.2) is 5.75 Å². The number of alkyl halides is 1. The molecule has 21 heavy (non-hydrogen) atoms. The Labute approximate surface area is 124 Å². The summed E-state index contributed by atoms with van der Waals surface area (Å²) in [6.07, 6.45) is 1.65. The van der Waals surface area contributed by atoms with Crippen LogP contribution in [-0.2, 0) is 5.67 Å². The quantitative estimate of drug-likeness (QED) is 0.824. The molecule has 0 unspecified atom stereocenters. The van der Waals surface area contributed by atoms with Gasteiger partial charge >= 0.3 is 5.97 Å². The van der Waals surface area contributed by atoms with Crippen LogP contribution in [0.15, 0.2) is 12.1 Å². The average molecular weight is 293 g/mol. The molecule has 0 aromatic heterocycles. The number of hydrogen-bond acceptors (Lipinski definition) is 3. The molecule has 0 bridgehead atoms. The molecular weight excluding hydrogens is 273 g/mol. The number of benzene rings is 1. The van der Waals surface area contributed by atoms with Crippen molar-refractivity contribution >= 4 is 5.97 Å². The molecule has 0 spiro atoms. The third kappa shape index (κ3) is 3.33. The summed E-state index contributed by atoms with van der Waals surface area (Å²) >= 11 is 0. The lowest BCUT2D eigenvalue weighted by Gasteiger charge is -2.27. The lowest BCUT2D eigenvalue weighted by atomic mass is 9.83. The summed E-state index contributed by atoms with van der Waals surface area (Å²) in [5, 5.41) is 18.5. The van der Waals surface area contributed by atoms with E-state index in [2.05, 4.69) is 0 Å². The van der Waals surface area contributed by atoms with E-state index in [0.29, 0.717) is 12.8 Å². The molecule has 1 aromatic carbocycles. The van der Waals surface area contributed by atoms with E-state index in [9.17, 15) is 9.90 Å². The zero-order valence-electron chi connectivity index (χ0n) is 12.6. The van der Waals surface area contributed by atoms with E-state index in [0.717, 1.165) is 0 Å². The summed E-state index contributed by atoms with van der Waals surface area (Å²) in [6.45, 7) is 3.70. The predicted octanol–water partition coefficient (Wildman–Crippen LogP) is 4.03. The van der Waals surface area contributed by atoms with Crippen molar-refractivity contribution in [3.8, 4) is 11.8 Å². The number of rotatable bonds is 7. The number of hydrogen-bond donors (Lipinski definition) is 1. The van der Waals surface area contributed by atoms with Crippen LogP contribution in [0.5, 0.6) is 5.75 Å². The van der Waals surface area contributed by atoms with Crippen molar-refractivity contribution in [2.75, 3.05) is 7.11 Å². The molecule has 0 saturated heterocycles. The molecule has 4 nitrogen and oxygen atoms in total. The topological polar surface area (TPSA) is 70.3 Å². The first-order valence-electron chi connectivity index (χ1n) is 6.98. The molecule has 1 aromatic rings. The van der Waals surface area contributed by atoms with E-state index in [1.54, 1.807) is 0 Å². The summed E-state index contributed by atoms with van der Waals surface area (Å²) in [4.78, 5) is 11.6. The van der Waals surface area contributed by atoms with Crippen LogP contribution in [0.1, 0.15) is 61.0 Å². The van der Waals surface area contributed by atoms with Gasteiger partial charge in [-0.1, -0.05) is 32.8 Å². The fourth-order valence-electron chi connectivity index (χ4n) is 2.66. The molecule has 0 radical (unpaired) electrons. The zero-order chi connectivity index (χ0) is 16.0. The fourth-order valence-corrected chi connectivity index (χ4v) is 2.66. The lowest BCUT2D eigenvalue weighted by Crippen LogP contribution is -2.24. The van der Waals surface area contributed by atoms with Crippen LogP contribution in [-0.4, -0.2) is 18.2 Å². The molecule has 0 atom stereocenters. The SMILES string of the molecule is CCCC(F)(CCC)c1ccc(C#N)c(OC)c1C(=O)O. The van der Waals surface area contributed by atoms with Crippen LogP contribution in [0.4, 0.5) is 4.39 Å². The van der Waals surface area contributed by atoms with E-state index < -0.39 is 11.6 Å². The van der Waals surface area contributed by atoms with Crippen LogP contribution in [0.2, 0.25) is 0 Å². The zero-order valence-corrected chi connectivity index (χ0v) is 12.6. The molecule has 0 aliphatic carbocycles. The van der Waals surface area contributed by atoms with Crippen molar-refractivity contribution in [3.63, 3.8) is 0 Å². The number of methoxy groups -OCH3 is 1. The van der Waals surface area contributed by atoms with Gasteiger partial charge in [-0.25, -0.2) is 9.18 Å². The Morgan fingerprint density at radius 2 is 1.95 bits per heavy atom. The van der Waals surface area contributed by atoms with Crippen molar-refractivity contribution in [2.24, 2.45) is 0 Å². The van der Waals surface area contributed by atoms with E-state index >= 15 is 4.39 Å². The maximum absolute atomic E-state index is 15.3. The van der Waals surface area contributed by atoms with Gasteiger partial charge in [0.05, 0.1) is 12.7 Å². The first-order chi connectivity index (χ1) is 9.95. The molecular formula is C16H20FNO3. The molecule has 5 heteroatoms. The minimum atomic E-state index is -1.72. The Morgan fingerprint density at radius 3 is 2.33 bits per heavy atom. The van der Waals surface area contributed by atoms with Gasteiger partial charge in [-0.15, -0.1) is 0 Å². The second-order valence-corrected chi connectivity index (χ2v) is 4.95. The summed E-state index contributed by atoms with van der Waals surface area (Å²) < 4.78 is 20.3. The average Bonchev–Trinajstić information content (AvgIpc) is 2.45. The Hall–Kier alpha value is -2.09. The van der Waals surface area contributed by atoms with Crippen LogP contribution in [0.25, 0.3) is 0 Å². The summed E-state index contributed by atoms with van der Waals surface area (Å²) in [5.41, 5.74) is -1.79. The second-order valence-electron chi connectivity index (χ2n) is 4.95. The number of nitrogens with zero attached hydrogens (tertiary/aromatic N) is 1. The van der Waals surface area contributed by atoms with Gasteiger partial charge in [0.2, 0.25) is 0 Å². The minimum absolute atomic E-state index is 0.0725. The second kappa shape index (κ2) is 7.07. The molecule has 1 rings (SSSR count). The first kappa shape index (κ1) is 17.0. The highest BCUT2D eigenvalue weighted by atomic mass is 19.1. The first-order valence-corrected chi connectivity index (χ1v) is 6.98. The van der Waals surface area contributed by atoms with Crippen molar-refractivity contribution in [1.82, 2.24) is 0 Å². The normalized spacial score (nSPS) is 11.0. The molecule has 0 saturated carbocycles. The highest BCUT2D eigenvalue weighted by molar-refractivity contribution is 5.94. The van der Waals surface area contributed by atoms with Gasteiger partial charge in [-0.3, -0.25) is 0 Å². The number of halogens is 1. The van der Waals surface area contributed by atoms with Crippen molar-refractivity contribution in [1.29, 1.82) is 5.26 Å². The monoisotopic (exact) mass is 293 g/mol. The molecule has 0 aliphatic heterocycles. The Morgan fingerprint density at radius 1 is 1.38 bits per heavy atom. The van der Waals surface area contributed by atoms with E-state index in [1.807, 2.05) is 19.9 Å². The van der Waals surface area contributed by atoms with Gasteiger partial charge < -0.3 is 9.84 Å². The van der Waals surface area contributed by atoms with Gasteiger partial charge in [-0.05, 0) is 18.9 Å². The maximum Gasteiger partial charge on any atom is 0.339 e. The van der Waals surface area contributed by atoms with Crippen LogP contribution in [0, 0.1) is 11.3 Å². The lowest BCUT2D eigenvalue weighted by molar-refractivity contribution is 0.0675. The minimum Gasteiger partial charge on any atom is -0.494 e. The van der Waals surface area contributed by atoms with Gasteiger partial charge in [-0.2, -0.15) is 5.26 Å². The fraction of sp³-hybridized carbons (Fsp3) is 0.500. The van der Waals surface area contributed by atoms with Crippen LogP contribution < -0.4 is 4.74 Å². The summed E-state index contributed by atoms with van der Waals surface area (Å²) in [6, 6.07) is 4.69. The third-order valence-electron chi connectivity index (χ3n) is 3.47. The molecule has 114 valence electrons. The number of carbonyl (C=O) groups is 1. The van der Waals surface area contributed by atoms with E-state index in [1.165, 1.54) is 19.2 Å². The third-order valence-corrected chi connectivity index (χ3v) is 3.47. The molecule has 0 fully saturated rings. The Bertz CT molecular complexity index is 557. The molecule has 1 N–H and O–H groups in total. The van der Waals surface area contributed by atoms with Gasteiger partial charge in [0.25, 0.3) is 0 Å². The number of carboxylic acids is 1. The molecule has 0 heterocycles. The van der Waals surface area contributed by atoms with Crippen molar-refractivity contribution in [3.05, 3.63) is 28.8 Å². The highest BCUT2D eigenvalue weighted by Crippen LogP contribution is 2.41. The summed E-state index contributed by atoms with van der Waals surface area (Å²) in [7, 11) is 1.28. The van der Waals surface area contributed by atoms with Crippen molar-refractivity contribution < 1.29 is 19.0 Å². The standard InChI is InChI=1S/C16H20FNO3/c1-4-8-16(17,9-5-2)12-7-6-11(10-18)14(21-3)13(12)15(19)20/h6-7H,4-5,8-9H2,1-3H3,(H,19,20). The predicted molar refractivity (Wildman–Crippen MR) is 77.3 cm³/mol. The van der Waals surface area contributed by atoms with E-state index in [4.69, 9.17) is 10.00 Å². The number of nitriles is 1. The molecule has 0 amide bonds. The van der Waals surface area contributed by atoms with Gasteiger partial charge in [0.1, 0.15) is 17.3 Å².